The van der Waals surface area contributed by atoms with Crippen molar-refractivity contribution in [2.24, 2.45) is 0 Å². The summed E-state index contributed by atoms with van der Waals surface area (Å²) in [5.41, 5.74) is 7.11. The van der Waals surface area contributed by atoms with Crippen molar-refractivity contribution in [3.63, 3.8) is 0 Å². The molecule has 0 spiro atoms. The maximum atomic E-state index is 9.16. The molecule has 0 aromatic heterocycles. The predicted molar refractivity (Wildman–Crippen MR) is 38.1 cm³/mol. The molecule has 0 bridgehead atoms. The predicted octanol–water partition coefficient (Wildman–Crippen LogP) is -2.16. The first-order valence-corrected chi connectivity index (χ1v) is 3.59. The summed E-state index contributed by atoms with van der Waals surface area (Å²) in [5.74, 6) is 0. The Morgan fingerprint density at radius 2 is 1.69 bits per heavy atom. The van der Waals surface area contributed by atoms with Crippen LogP contribution in [-0.2, 0) is 4.74 Å². The zero-order valence-electron chi connectivity index (χ0n) is 6.87. The molecule has 5 atom stereocenters. The van der Waals surface area contributed by atoms with Crippen LogP contribution in [0.25, 0.3) is 5.73 Å². The summed E-state index contributed by atoms with van der Waals surface area (Å²) in [6.45, 7) is -0.498. The quantitative estimate of drug-likeness (QED) is 0.397. The molecule has 0 aromatic carbocycles. The minimum Gasteiger partial charge on any atom is -0.668 e. The van der Waals surface area contributed by atoms with E-state index in [4.69, 9.17) is 26.2 Å². The summed E-state index contributed by atoms with van der Waals surface area (Å²) in [4.78, 5) is 0. The van der Waals surface area contributed by atoms with Crippen molar-refractivity contribution in [1.29, 1.82) is 0 Å². The summed E-state index contributed by atoms with van der Waals surface area (Å²) < 4.78 is 4.64. The van der Waals surface area contributed by atoms with Crippen molar-refractivity contribution in [2.75, 3.05) is 6.61 Å². The van der Waals surface area contributed by atoms with Crippen LogP contribution in [0.2, 0.25) is 0 Å². The van der Waals surface area contributed by atoms with E-state index in [1.165, 1.54) is 0 Å². The van der Waals surface area contributed by atoms with Crippen molar-refractivity contribution in [3.05, 3.63) is 5.73 Å². The van der Waals surface area contributed by atoms with E-state index in [2.05, 4.69) is 4.74 Å². The third-order valence-electron chi connectivity index (χ3n) is 1.90. The Kier molecular flexibility index (Phi) is 6.48. The van der Waals surface area contributed by atoms with Gasteiger partial charge in [-0.3, -0.25) is 0 Å². The van der Waals surface area contributed by atoms with Gasteiger partial charge in [-0.1, -0.05) is 6.04 Å². The van der Waals surface area contributed by atoms with Gasteiger partial charge in [0.05, 0.1) is 12.7 Å². The number of rotatable bonds is 1. The van der Waals surface area contributed by atoms with Crippen LogP contribution in [0, 0.1) is 44.1 Å². The third-order valence-corrected chi connectivity index (χ3v) is 1.90. The maximum absolute atomic E-state index is 9.16. The van der Waals surface area contributed by atoms with Crippen molar-refractivity contribution in [2.45, 2.75) is 30.6 Å². The first-order chi connectivity index (χ1) is 5.57. The molecular formula is C6H12AcNO5-. The van der Waals surface area contributed by atoms with Gasteiger partial charge in [0.2, 0.25) is 0 Å². The molecular weight excluding hydrogens is 393 g/mol. The van der Waals surface area contributed by atoms with E-state index in [1.54, 1.807) is 0 Å². The second-order valence-corrected chi connectivity index (χ2v) is 2.75. The van der Waals surface area contributed by atoms with Gasteiger partial charge in [-0.05, 0) is 0 Å². The largest absolute Gasteiger partial charge is 0.668 e. The first kappa shape index (κ1) is 14.2. The van der Waals surface area contributed by atoms with Crippen LogP contribution in [0.3, 0.4) is 0 Å². The van der Waals surface area contributed by atoms with Crippen LogP contribution in [0.15, 0.2) is 0 Å². The fourth-order valence-electron chi connectivity index (χ4n) is 1.10. The Hall–Kier alpha value is 1.20. The minimum absolute atomic E-state index is 0. The van der Waals surface area contributed by atoms with Gasteiger partial charge < -0.3 is 30.9 Å². The van der Waals surface area contributed by atoms with Crippen LogP contribution in [0.5, 0.6) is 0 Å². The molecule has 0 aliphatic carbocycles. The van der Waals surface area contributed by atoms with Gasteiger partial charge in [0, 0.05) is 44.1 Å². The average molecular weight is 405 g/mol. The van der Waals surface area contributed by atoms with Crippen LogP contribution in [0.4, 0.5) is 0 Å². The van der Waals surface area contributed by atoms with Gasteiger partial charge in [0.15, 0.2) is 0 Å². The number of hydrogen-bond donors (Lipinski definition) is 4. The fourth-order valence-corrected chi connectivity index (χ4v) is 1.10. The van der Waals surface area contributed by atoms with Gasteiger partial charge >= 0.3 is 0 Å². The van der Waals surface area contributed by atoms with E-state index in [1.807, 2.05) is 0 Å². The van der Waals surface area contributed by atoms with E-state index in [9.17, 15) is 0 Å². The Labute approximate surface area is 111 Å². The van der Waals surface area contributed by atoms with E-state index in [0.717, 1.165) is 0 Å². The van der Waals surface area contributed by atoms with Crippen molar-refractivity contribution < 1.29 is 69.2 Å². The Bertz CT molecular complexity index is 155. The molecule has 75 valence electrons. The smallest absolute Gasteiger partial charge is 0.141 e. The Balaban J connectivity index is 0.00000144. The van der Waals surface area contributed by atoms with Crippen molar-refractivity contribution in [3.8, 4) is 0 Å². The zero-order chi connectivity index (χ0) is 9.30. The average Bonchev–Trinajstić information content (AvgIpc) is 2.08. The third kappa shape index (κ3) is 3.08. The number of aliphatic hydroxyl groups is 4. The van der Waals surface area contributed by atoms with Crippen molar-refractivity contribution in [1.82, 2.24) is 0 Å². The van der Waals surface area contributed by atoms with Crippen LogP contribution < -0.4 is 0 Å². The van der Waals surface area contributed by atoms with Crippen LogP contribution in [0.1, 0.15) is 0 Å². The number of ether oxygens (including phenoxy) is 1. The monoisotopic (exact) mass is 405 g/mol. The van der Waals surface area contributed by atoms with Gasteiger partial charge in [-0.25, -0.2) is 0 Å². The summed E-state index contributed by atoms with van der Waals surface area (Å²) >= 11 is 0. The summed E-state index contributed by atoms with van der Waals surface area (Å²) in [6.07, 6.45) is -5.18. The summed E-state index contributed by atoms with van der Waals surface area (Å²) in [5, 5.41) is 35.9. The Morgan fingerprint density at radius 3 is 2.15 bits per heavy atom. The zero-order valence-corrected chi connectivity index (χ0v) is 11.6. The number of hydrogen-bond acceptors (Lipinski definition) is 5. The van der Waals surface area contributed by atoms with E-state index >= 15 is 0 Å². The molecule has 5 N–H and O–H groups in total. The molecule has 1 saturated heterocycles. The topological polar surface area (TPSA) is 114 Å². The van der Waals surface area contributed by atoms with E-state index < -0.39 is 37.3 Å². The number of aliphatic hydroxyl groups excluding tert-OH is 4. The molecule has 1 aliphatic rings. The van der Waals surface area contributed by atoms with E-state index in [-0.39, 0.29) is 44.1 Å². The molecule has 0 saturated carbocycles. The van der Waals surface area contributed by atoms with E-state index in [0.29, 0.717) is 0 Å². The molecule has 1 heterocycles. The van der Waals surface area contributed by atoms with Crippen molar-refractivity contribution >= 4 is 0 Å². The molecule has 1 aliphatic heterocycles. The van der Waals surface area contributed by atoms with Crippen LogP contribution in [-0.4, -0.2) is 57.7 Å². The molecule has 0 aromatic rings. The SMILES string of the molecule is [Ac].[NH-]C1C(O)OC(CO)[C@H](O)C1O. The summed E-state index contributed by atoms with van der Waals surface area (Å²) in [6, 6.07) is -1.29. The molecule has 6 nitrogen and oxygen atoms in total. The standard InChI is InChI=1S/C6H12NO5.Ac/c7-3-5(10)4(9)2(1-8)12-6(3)11;/h2-11H,1H2;/q-1;/t2?,3?,4-,5?,6?;/m0./s1. The minimum atomic E-state index is -1.46. The number of nitrogens with one attached hydrogen (secondary N) is 1. The molecule has 1 rings (SSSR count). The molecule has 13 heavy (non-hydrogen) atoms. The molecule has 0 amide bonds. The normalized spacial score (nSPS) is 45.5. The molecule has 1 fully saturated rings. The first-order valence-electron chi connectivity index (χ1n) is 3.59. The van der Waals surface area contributed by atoms with Gasteiger partial charge in [0.1, 0.15) is 18.5 Å². The maximum Gasteiger partial charge on any atom is 0.141 e. The summed E-state index contributed by atoms with van der Waals surface area (Å²) in [7, 11) is 0. The second kappa shape index (κ2) is 5.93. The molecule has 7 heteroatoms. The van der Waals surface area contributed by atoms with Gasteiger partial charge in [-0.15, -0.1) is 0 Å². The van der Waals surface area contributed by atoms with Gasteiger partial charge in [-0.2, -0.15) is 0 Å². The van der Waals surface area contributed by atoms with Crippen LogP contribution >= 0.6 is 0 Å². The van der Waals surface area contributed by atoms with Gasteiger partial charge in [0.25, 0.3) is 0 Å². The Morgan fingerprint density at radius 1 is 1.15 bits per heavy atom. The molecule has 4 unspecified atom stereocenters. The second-order valence-electron chi connectivity index (χ2n) is 2.75. The fraction of sp³-hybridized carbons (Fsp3) is 1.00. The molecule has 1 radical (unpaired) electrons.